The van der Waals surface area contributed by atoms with Crippen LogP contribution in [0.15, 0.2) is 15.8 Å². The van der Waals surface area contributed by atoms with Crippen LogP contribution in [0.1, 0.15) is 36.7 Å². The summed E-state index contributed by atoms with van der Waals surface area (Å²) in [5, 5.41) is 7.77. The molecule has 0 saturated heterocycles. The second-order valence-electron chi connectivity index (χ2n) is 4.52. The maximum atomic E-state index is 11.8. The fourth-order valence-electron chi connectivity index (χ4n) is 1.95. The largest absolute Gasteiger partial charge is 0.325 e. The summed E-state index contributed by atoms with van der Waals surface area (Å²) in [6.45, 7) is 3.81. The summed E-state index contributed by atoms with van der Waals surface area (Å²) in [6.07, 6.45) is 2.14. The molecule has 0 fully saturated rings. The van der Waals surface area contributed by atoms with E-state index in [9.17, 15) is 9.59 Å². The lowest BCUT2D eigenvalue weighted by atomic mass is 10.0. The van der Waals surface area contributed by atoms with E-state index >= 15 is 0 Å². The molecule has 0 spiro atoms. The summed E-state index contributed by atoms with van der Waals surface area (Å²) >= 11 is 0. The molecule has 0 radical (unpaired) electrons. The predicted molar refractivity (Wildman–Crippen MR) is 65.6 cm³/mol. The molecule has 7 nitrogen and oxygen atoms in total. The van der Waals surface area contributed by atoms with Gasteiger partial charge in [-0.3, -0.25) is 14.5 Å². The van der Waals surface area contributed by atoms with Crippen molar-refractivity contribution >= 4 is 0 Å². The Kier molecular flexibility index (Phi) is 3.14. The Morgan fingerprint density at radius 2 is 2.06 bits per heavy atom. The lowest BCUT2D eigenvalue weighted by Gasteiger charge is -2.09. The smallest absolute Gasteiger partial charge is 0.311 e. The van der Waals surface area contributed by atoms with Gasteiger partial charge in [-0.05, 0) is 5.92 Å². The van der Waals surface area contributed by atoms with Gasteiger partial charge in [0, 0.05) is 30.9 Å². The Hall–Kier alpha value is -2.18. The Morgan fingerprint density at radius 3 is 2.61 bits per heavy atom. The molecule has 2 heterocycles. The van der Waals surface area contributed by atoms with E-state index < -0.39 is 5.69 Å². The standard InChI is InChI=1S/C11H15N5O2/c1-6(2)9-8(12-11(18)13-10(9)17)4-7-5-16(3)15-14-7/h5-6H,4H2,1-3H3,(H2,12,13,17,18). The van der Waals surface area contributed by atoms with E-state index in [1.807, 2.05) is 13.8 Å². The van der Waals surface area contributed by atoms with Crippen LogP contribution in [0.5, 0.6) is 0 Å². The maximum absolute atomic E-state index is 11.8. The van der Waals surface area contributed by atoms with Crippen molar-refractivity contribution in [3.63, 3.8) is 0 Å². The van der Waals surface area contributed by atoms with Crippen molar-refractivity contribution in [2.24, 2.45) is 7.05 Å². The normalized spacial score (nSPS) is 11.1. The fourth-order valence-corrected chi connectivity index (χ4v) is 1.95. The maximum Gasteiger partial charge on any atom is 0.325 e. The second-order valence-corrected chi connectivity index (χ2v) is 4.52. The van der Waals surface area contributed by atoms with Gasteiger partial charge in [0.15, 0.2) is 0 Å². The molecule has 0 amide bonds. The molecule has 0 aromatic carbocycles. The molecule has 2 rings (SSSR count). The molecule has 0 unspecified atom stereocenters. The van der Waals surface area contributed by atoms with Gasteiger partial charge in [0.2, 0.25) is 0 Å². The number of aromatic amines is 2. The number of nitrogens with one attached hydrogen (secondary N) is 2. The zero-order chi connectivity index (χ0) is 13.3. The van der Waals surface area contributed by atoms with Gasteiger partial charge in [-0.25, -0.2) is 4.79 Å². The molecule has 0 aliphatic heterocycles. The molecule has 0 atom stereocenters. The third-order valence-electron chi connectivity index (χ3n) is 2.65. The lowest BCUT2D eigenvalue weighted by molar-refractivity contribution is 0.713. The summed E-state index contributed by atoms with van der Waals surface area (Å²) in [4.78, 5) is 28.0. The molecule has 0 aliphatic rings. The monoisotopic (exact) mass is 249 g/mol. The minimum absolute atomic E-state index is 0.0253. The van der Waals surface area contributed by atoms with E-state index in [0.717, 1.165) is 0 Å². The number of hydrogen-bond acceptors (Lipinski definition) is 4. The van der Waals surface area contributed by atoms with Crippen LogP contribution in [-0.2, 0) is 13.5 Å². The lowest BCUT2D eigenvalue weighted by Crippen LogP contribution is -2.29. The number of nitrogens with zero attached hydrogens (tertiary/aromatic N) is 3. The Balaban J connectivity index is 2.49. The molecule has 0 saturated carbocycles. The fraction of sp³-hybridized carbons (Fsp3) is 0.455. The quantitative estimate of drug-likeness (QED) is 0.794. The van der Waals surface area contributed by atoms with Gasteiger partial charge in [-0.15, -0.1) is 5.10 Å². The highest BCUT2D eigenvalue weighted by Gasteiger charge is 2.14. The number of hydrogen-bond donors (Lipinski definition) is 2. The third-order valence-corrected chi connectivity index (χ3v) is 2.65. The summed E-state index contributed by atoms with van der Waals surface area (Å²) in [6, 6.07) is 0. The van der Waals surface area contributed by atoms with Crippen LogP contribution in [0.3, 0.4) is 0 Å². The molecule has 2 N–H and O–H groups in total. The van der Waals surface area contributed by atoms with Crippen LogP contribution in [0.4, 0.5) is 0 Å². The molecule has 2 aromatic heterocycles. The van der Waals surface area contributed by atoms with Gasteiger partial charge in [-0.2, -0.15) is 0 Å². The highest BCUT2D eigenvalue weighted by Crippen LogP contribution is 2.14. The van der Waals surface area contributed by atoms with Gasteiger partial charge in [0.1, 0.15) is 0 Å². The van der Waals surface area contributed by atoms with Crippen molar-refractivity contribution in [3.05, 3.63) is 44.0 Å². The van der Waals surface area contributed by atoms with E-state index in [1.165, 1.54) is 0 Å². The second kappa shape index (κ2) is 4.59. The van der Waals surface area contributed by atoms with Gasteiger partial charge in [0.25, 0.3) is 5.56 Å². The van der Waals surface area contributed by atoms with E-state index in [4.69, 9.17) is 0 Å². The zero-order valence-corrected chi connectivity index (χ0v) is 10.5. The molecule has 0 bridgehead atoms. The topological polar surface area (TPSA) is 96.4 Å². The summed E-state index contributed by atoms with van der Waals surface area (Å²) in [7, 11) is 1.76. The first kappa shape index (κ1) is 12.3. The van der Waals surface area contributed by atoms with Crippen molar-refractivity contribution in [3.8, 4) is 0 Å². The summed E-state index contributed by atoms with van der Waals surface area (Å²) in [5.41, 5.74) is 1.05. The first-order valence-electron chi connectivity index (χ1n) is 5.68. The van der Waals surface area contributed by atoms with Gasteiger partial charge in [0.05, 0.1) is 5.69 Å². The molecule has 18 heavy (non-hydrogen) atoms. The summed E-state index contributed by atoms with van der Waals surface area (Å²) in [5.74, 6) is 0.0253. The van der Waals surface area contributed by atoms with E-state index in [1.54, 1.807) is 17.9 Å². The van der Waals surface area contributed by atoms with Gasteiger partial charge >= 0.3 is 5.69 Å². The van der Waals surface area contributed by atoms with Crippen molar-refractivity contribution in [1.82, 2.24) is 25.0 Å². The highest BCUT2D eigenvalue weighted by atomic mass is 16.2. The minimum atomic E-state index is -0.497. The van der Waals surface area contributed by atoms with Crippen LogP contribution in [0, 0.1) is 0 Å². The van der Waals surface area contributed by atoms with Crippen molar-refractivity contribution in [1.29, 1.82) is 0 Å². The number of aryl methyl sites for hydroxylation is 1. The molecule has 7 heteroatoms. The SMILES string of the molecule is CC(C)c1c(Cc2cn(C)nn2)[nH]c(=O)[nH]c1=O. The van der Waals surface area contributed by atoms with Crippen LogP contribution < -0.4 is 11.2 Å². The Morgan fingerprint density at radius 1 is 1.33 bits per heavy atom. The van der Waals surface area contributed by atoms with Crippen molar-refractivity contribution in [2.75, 3.05) is 0 Å². The Labute approximate surface area is 103 Å². The zero-order valence-electron chi connectivity index (χ0n) is 10.5. The highest BCUT2D eigenvalue weighted by molar-refractivity contribution is 5.23. The molecular weight excluding hydrogens is 234 g/mol. The van der Waals surface area contributed by atoms with Gasteiger partial charge in [-0.1, -0.05) is 19.1 Å². The van der Waals surface area contributed by atoms with Crippen LogP contribution in [0.2, 0.25) is 0 Å². The van der Waals surface area contributed by atoms with Gasteiger partial charge < -0.3 is 4.98 Å². The first-order valence-corrected chi connectivity index (χ1v) is 5.68. The average molecular weight is 249 g/mol. The molecular formula is C11H15N5O2. The molecule has 96 valence electrons. The van der Waals surface area contributed by atoms with Crippen molar-refractivity contribution < 1.29 is 0 Å². The van der Waals surface area contributed by atoms with Crippen LogP contribution in [0.25, 0.3) is 0 Å². The van der Waals surface area contributed by atoms with Crippen LogP contribution in [-0.4, -0.2) is 25.0 Å². The Bertz CT molecular complexity index is 665. The number of H-pyrrole nitrogens is 2. The third kappa shape index (κ3) is 2.39. The van der Waals surface area contributed by atoms with E-state index in [0.29, 0.717) is 23.4 Å². The number of aromatic nitrogens is 5. The molecule has 0 aliphatic carbocycles. The first-order chi connectivity index (χ1) is 8.47. The van der Waals surface area contributed by atoms with Crippen molar-refractivity contribution in [2.45, 2.75) is 26.2 Å². The minimum Gasteiger partial charge on any atom is -0.311 e. The van der Waals surface area contributed by atoms with Crippen LogP contribution >= 0.6 is 0 Å². The predicted octanol–water partition coefficient (Wildman–Crippen LogP) is -0.0941. The average Bonchev–Trinajstić information content (AvgIpc) is 2.62. The number of rotatable bonds is 3. The molecule has 2 aromatic rings. The van der Waals surface area contributed by atoms with E-state index in [-0.39, 0.29) is 11.5 Å². The van der Waals surface area contributed by atoms with E-state index in [2.05, 4.69) is 20.3 Å². The summed E-state index contributed by atoms with van der Waals surface area (Å²) < 4.78 is 1.58.